The Hall–Kier alpha value is -5.36. The Morgan fingerprint density at radius 1 is 0.565 bits per heavy atom. The molecule has 1 aliphatic heterocycles. The molecule has 0 amide bonds. The molecule has 3 aromatic heterocycles. The quantitative estimate of drug-likeness (QED) is 0.211. The average Bonchev–Trinajstić information content (AvgIpc) is 3.80. The minimum atomic E-state index is 0.107. The summed E-state index contributed by atoms with van der Waals surface area (Å²) < 4.78 is 10.5. The fraction of sp³-hybridized carbons (Fsp3) is 0.0244. The van der Waals surface area contributed by atoms with Crippen molar-refractivity contribution in [1.82, 2.24) is 0 Å². The van der Waals surface area contributed by atoms with Crippen LogP contribution >= 0.6 is 22.7 Å². The fourth-order valence-corrected chi connectivity index (χ4v) is 9.15. The highest BCUT2D eigenvalue weighted by Crippen LogP contribution is 2.45. The molecule has 0 aliphatic carbocycles. The van der Waals surface area contributed by atoms with Gasteiger partial charge in [0, 0.05) is 58.0 Å². The summed E-state index contributed by atoms with van der Waals surface area (Å²) >= 11 is 3.67. The smallest absolute Gasteiger partial charge is 0.159 e. The molecule has 0 saturated carbocycles. The number of thiophene rings is 2. The third-order valence-electron chi connectivity index (χ3n) is 9.13. The lowest BCUT2D eigenvalue weighted by molar-refractivity contribution is 0.669. The van der Waals surface area contributed by atoms with E-state index in [9.17, 15) is 0 Å². The second-order valence-corrected chi connectivity index (χ2v) is 13.9. The van der Waals surface area contributed by atoms with Gasteiger partial charge in [-0.05, 0) is 60.2 Å². The first-order valence-corrected chi connectivity index (χ1v) is 17.1. The first-order chi connectivity index (χ1) is 22.8. The molecule has 9 aromatic rings. The second-order valence-electron chi connectivity index (χ2n) is 11.8. The Balaban J connectivity index is 1.11. The molecule has 10 rings (SSSR count). The Morgan fingerprint density at radius 2 is 1.26 bits per heavy atom. The molecule has 1 N–H and O–H groups in total. The summed E-state index contributed by atoms with van der Waals surface area (Å²) in [4.78, 5) is 2.34. The maximum absolute atomic E-state index is 6.57. The van der Waals surface area contributed by atoms with Crippen molar-refractivity contribution in [3.63, 3.8) is 0 Å². The molecular weight excluding hydrogens is 601 g/mol. The van der Waals surface area contributed by atoms with Crippen molar-refractivity contribution in [2.45, 2.75) is 6.04 Å². The van der Waals surface area contributed by atoms with Crippen LogP contribution in [0.2, 0.25) is 0 Å². The zero-order chi connectivity index (χ0) is 30.2. The number of para-hydroxylation sites is 2. The molecule has 1 aliphatic rings. The summed E-state index contributed by atoms with van der Waals surface area (Å²) in [6.45, 7) is 0. The van der Waals surface area contributed by atoms with Crippen LogP contribution in [0.5, 0.6) is 0 Å². The van der Waals surface area contributed by atoms with E-state index < -0.39 is 0 Å². The monoisotopic (exact) mass is 626 g/mol. The van der Waals surface area contributed by atoms with Crippen LogP contribution in [0.25, 0.3) is 58.3 Å². The van der Waals surface area contributed by atoms with Gasteiger partial charge in [0.05, 0.1) is 16.7 Å². The maximum atomic E-state index is 6.57. The third-order valence-corrected chi connectivity index (χ3v) is 11.4. The van der Waals surface area contributed by atoms with E-state index >= 15 is 0 Å². The van der Waals surface area contributed by atoms with Crippen molar-refractivity contribution in [3.05, 3.63) is 151 Å². The Morgan fingerprint density at radius 3 is 2.13 bits per heavy atom. The van der Waals surface area contributed by atoms with Gasteiger partial charge in [-0.15, -0.1) is 22.7 Å². The summed E-state index contributed by atoms with van der Waals surface area (Å²) in [5.74, 6) is 0. The molecule has 6 aromatic carbocycles. The normalized spacial score (nSPS) is 14.4. The predicted octanol–water partition coefficient (Wildman–Crippen LogP) is 12.8. The summed E-state index contributed by atoms with van der Waals surface area (Å²) in [5.41, 5.74) is 7.50. The third kappa shape index (κ3) is 3.96. The Kier molecular flexibility index (Phi) is 5.68. The van der Waals surface area contributed by atoms with Crippen LogP contribution in [-0.2, 0) is 0 Å². The van der Waals surface area contributed by atoms with E-state index in [1.807, 2.05) is 28.7 Å². The lowest BCUT2D eigenvalue weighted by Crippen LogP contribution is -2.12. The molecule has 0 fully saturated rings. The van der Waals surface area contributed by atoms with E-state index in [1.165, 1.54) is 46.4 Å². The van der Waals surface area contributed by atoms with Gasteiger partial charge in [0.1, 0.15) is 5.58 Å². The zero-order valence-corrected chi connectivity index (χ0v) is 26.2. The highest BCUT2D eigenvalue weighted by Gasteiger charge is 2.22. The standard InChI is InChI=1S/C41H26N2OS2/c1-4-13-36-28(8-1)31-11-7-12-35(40(31)44-36)43(27-20-23-39-33(24-27)30-10-3-5-14-37(30)45-39)26-18-16-25(17-19-26)34-22-21-32-29-9-2-6-15-38(29)46-41(32)42-34/h1-24,34,42H. The fourth-order valence-electron chi connectivity index (χ4n) is 6.93. The molecule has 0 bridgehead atoms. The second kappa shape index (κ2) is 10.1. The topological polar surface area (TPSA) is 28.4 Å². The van der Waals surface area contributed by atoms with Gasteiger partial charge in [0.2, 0.25) is 0 Å². The van der Waals surface area contributed by atoms with Crippen LogP contribution in [0.1, 0.15) is 17.2 Å². The molecule has 3 nitrogen and oxygen atoms in total. The first-order valence-electron chi connectivity index (χ1n) is 15.5. The van der Waals surface area contributed by atoms with Crippen LogP contribution in [-0.4, -0.2) is 0 Å². The molecule has 5 heteroatoms. The van der Waals surface area contributed by atoms with Crippen molar-refractivity contribution < 1.29 is 4.42 Å². The molecule has 218 valence electrons. The average molecular weight is 627 g/mol. The maximum Gasteiger partial charge on any atom is 0.159 e. The first kappa shape index (κ1) is 25.9. The summed E-state index contributed by atoms with van der Waals surface area (Å²) in [6.07, 6.45) is 4.55. The van der Waals surface area contributed by atoms with Gasteiger partial charge in [-0.2, -0.15) is 0 Å². The van der Waals surface area contributed by atoms with Gasteiger partial charge in [0.15, 0.2) is 5.58 Å². The van der Waals surface area contributed by atoms with Crippen molar-refractivity contribution in [2.75, 3.05) is 10.2 Å². The van der Waals surface area contributed by atoms with E-state index in [-0.39, 0.29) is 6.04 Å². The SMILES string of the molecule is C1=CC(c2ccc(N(c3ccc4sc5ccccc5c4c3)c3cccc4c3oc3ccccc34)cc2)Nc2sc3ccccc3c21. The zero-order valence-electron chi connectivity index (χ0n) is 24.6. The number of hydrogen-bond donors (Lipinski definition) is 1. The van der Waals surface area contributed by atoms with E-state index in [2.05, 4.69) is 150 Å². The van der Waals surface area contributed by atoms with E-state index in [0.29, 0.717) is 0 Å². The van der Waals surface area contributed by atoms with Crippen molar-refractivity contribution in [3.8, 4) is 0 Å². The van der Waals surface area contributed by atoms with Crippen LogP contribution in [0.3, 0.4) is 0 Å². The van der Waals surface area contributed by atoms with Crippen LogP contribution in [0.15, 0.2) is 144 Å². The van der Waals surface area contributed by atoms with Crippen LogP contribution in [0, 0.1) is 0 Å². The number of fused-ring (bicyclic) bond motifs is 9. The summed E-state index contributed by atoms with van der Waals surface area (Å²) in [6, 6.07) is 48.0. The number of anilines is 4. The number of hydrogen-bond acceptors (Lipinski definition) is 5. The highest BCUT2D eigenvalue weighted by molar-refractivity contribution is 7.25. The van der Waals surface area contributed by atoms with E-state index in [4.69, 9.17) is 4.42 Å². The number of furan rings is 1. The van der Waals surface area contributed by atoms with Crippen molar-refractivity contribution in [2.24, 2.45) is 0 Å². The minimum absolute atomic E-state index is 0.107. The van der Waals surface area contributed by atoms with Gasteiger partial charge >= 0.3 is 0 Å². The van der Waals surface area contributed by atoms with Crippen LogP contribution < -0.4 is 10.2 Å². The molecular formula is C41H26N2OS2. The predicted molar refractivity (Wildman–Crippen MR) is 199 cm³/mol. The van der Waals surface area contributed by atoms with Gasteiger partial charge in [-0.3, -0.25) is 0 Å². The van der Waals surface area contributed by atoms with Crippen LogP contribution in [0.4, 0.5) is 22.1 Å². The van der Waals surface area contributed by atoms with Crippen molar-refractivity contribution in [1.29, 1.82) is 0 Å². The molecule has 46 heavy (non-hydrogen) atoms. The molecule has 0 spiro atoms. The number of benzene rings is 6. The number of rotatable bonds is 4. The molecule has 1 unspecified atom stereocenters. The molecule has 0 saturated heterocycles. The summed E-state index contributed by atoms with van der Waals surface area (Å²) in [7, 11) is 0. The van der Waals surface area contributed by atoms with Gasteiger partial charge in [0.25, 0.3) is 0 Å². The molecule has 1 atom stereocenters. The number of nitrogens with one attached hydrogen (secondary N) is 1. The summed E-state index contributed by atoms with van der Waals surface area (Å²) in [5, 5.41) is 11.1. The van der Waals surface area contributed by atoms with Gasteiger partial charge in [-0.1, -0.05) is 91.0 Å². The lowest BCUT2D eigenvalue weighted by Gasteiger charge is -2.27. The highest BCUT2D eigenvalue weighted by atomic mass is 32.1. The number of nitrogens with zero attached hydrogens (tertiary/aromatic N) is 1. The van der Waals surface area contributed by atoms with E-state index in [0.717, 1.165) is 39.0 Å². The largest absolute Gasteiger partial charge is 0.454 e. The van der Waals surface area contributed by atoms with Gasteiger partial charge < -0.3 is 14.6 Å². The van der Waals surface area contributed by atoms with Gasteiger partial charge in [-0.25, -0.2) is 0 Å². The lowest BCUT2D eigenvalue weighted by atomic mass is 10.0. The Labute approximate surface area is 273 Å². The molecule has 4 heterocycles. The Bertz CT molecular complexity index is 2640. The minimum Gasteiger partial charge on any atom is -0.454 e. The van der Waals surface area contributed by atoms with Crippen molar-refractivity contribution >= 4 is 103 Å². The van der Waals surface area contributed by atoms with E-state index in [1.54, 1.807) is 0 Å². The molecule has 0 radical (unpaired) electrons.